The lowest BCUT2D eigenvalue weighted by atomic mass is 10.2. The second-order valence-electron chi connectivity index (χ2n) is 4.57. The van der Waals surface area contributed by atoms with Gasteiger partial charge in [-0.25, -0.2) is 0 Å². The van der Waals surface area contributed by atoms with E-state index in [1.165, 1.54) is 0 Å². The molecule has 1 aliphatic rings. The summed E-state index contributed by atoms with van der Waals surface area (Å²) >= 11 is 0. The summed E-state index contributed by atoms with van der Waals surface area (Å²) in [6.07, 6.45) is 0. The Morgan fingerprint density at radius 1 is 1.61 bits per heavy atom. The summed E-state index contributed by atoms with van der Waals surface area (Å²) in [6.45, 7) is 6.31. The van der Waals surface area contributed by atoms with Crippen LogP contribution in [0, 0.1) is 13.8 Å². The quantitative estimate of drug-likeness (QED) is 0.771. The van der Waals surface area contributed by atoms with Crippen LogP contribution in [0.2, 0.25) is 0 Å². The number of carbonyl (C=O) groups excluding carboxylic acids is 1. The zero-order chi connectivity index (χ0) is 13.1. The van der Waals surface area contributed by atoms with Crippen LogP contribution in [0.3, 0.4) is 0 Å². The fourth-order valence-corrected chi connectivity index (χ4v) is 2.11. The average molecular weight is 252 g/mol. The molecular formula is C12H20N4O2. The van der Waals surface area contributed by atoms with Crippen molar-refractivity contribution in [2.24, 2.45) is 7.05 Å². The molecule has 1 aliphatic heterocycles. The smallest absolute Gasteiger partial charge is 0.239 e. The number of morpholine rings is 1. The van der Waals surface area contributed by atoms with Crippen molar-refractivity contribution in [2.45, 2.75) is 26.4 Å². The highest BCUT2D eigenvalue weighted by Gasteiger charge is 2.21. The Bertz CT molecular complexity index is 436. The third-order valence-electron chi connectivity index (χ3n) is 3.34. The van der Waals surface area contributed by atoms with Gasteiger partial charge in [-0.2, -0.15) is 5.10 Å². The van der Waals surface area contributed by atoms with E-state index < -0.39 is 0 Å². The molecule has 100 valence electrons. The van der Waals surface area contributed by atoms with Crippen LogP contribution in [0.4, 0.5) is 0 Å². The number of nitrogens with one attached hydrogen (secondary N) is 2. The van der Waals surface area contributed by atoms with Gasteiger partial charge in [0.25, 0.3) is 0 Å². The van der Waals surface area contributed by atoms with Crippen molar-refractivity contribution in [1.82, 2.24) is 20.4 Å². The lowest BCUT2D eigenvalue weighted by Gasteiger charge is -2.22. The molecular weight excluding hydrogens is 232 g/mol. The molecule has 6 heteroatoms. The zero-order valence-corrected chi connectivity index (χ0v) is 11.1. The van der Waals surface area contributed by atoms with E-state index in [1.54, 1.807) is 0 Å². The van der Waals surface area contributed by atoms with E-state index in [1.807, 2.05) is 25.6 Å². The van der Waals surface area contributed by atoms with Crippen molar-refractivity contribution in [1.29, 1.82) is 0 Å². The lowest BCUT2D eigenvalue weighted by Crippen LogP contribution is -2.51. The number of nitrogens with zero attached hydrogens (tertiary/aromatic N) is 2. The molecule has 0 aliphatic carbocycles. The van der Waals surface area contributed by atoms with Gasteiger partial charge in [-0.15, -0.1) is 0 Å². The highest BCUT2D eigenvalue weighted by Crippen LogP contribution is 2.11. The fourth-order valence-electron chi connectivity index (χ4n) is 2.11. The van der Waals surface area contributed by atoms with Gasteiger partial charge >= 0.3 is 0 Å². The Morgan fingerprint density at radius 3 is 2.94 bits per heavy atom. The van der Waals surface area contributed by atoms with Gasteiger partial charge in [0.05, 0.1) is 18.9 Å². The van der Waals surface area contributed by atoms with Crippen molar-refractivity contribution in [3.05, 3.63) is 17.0 Å². The first kappa shape index (κ1) is 13.0. The van der Waals surface area contributed by atoms with Gasteiger partial charge in [0, 0.05) is 31.4 Å². The Kier molecular flexibility index (Phi) is 3.98. The summed E-state index contributed by atoms with van der Waals surface area (Å²) in [6, 6.07) is -0.240. The molecule has 1 aromatic heterocycles. The van der Waals surface area contributed by atoms with Crippen LogP contribution in [0.5, 0.6) is 0 Å². The summed E-state index contributed by atoms with van der Waals surface area (Å²) < 4.78 is 7.10. The van der Waals surface area contributed by atoms with Crippen molar-refractivity contribution < 1.29 is 9.53 Å². The molecule has 0 bridgehead atoms. The van der Waals surface area contributed by atoms with E-state index >= 15 is 0 Å². The monoisotopic (exact) mass is 252 g/mol. The standard InChI is InChI=1S/C12H20N4O2/c1-8-10(9(2)16(3)15-8)6-14-12(17)11-7-18-5-4-13-11/h11,13H,4-7H2,1-3H3,(H,14,17). The van der Waals surface area contributed by atoms with E-state index in [-0.39, 0.29) is 11.9 Å². The Labute approximate surface area is 107 Å². The van der Waals surface area contributed by atoms with Gasteiger partial charge in [-0.05, 0) is 13.8 Å². The van der Waals surface area contributed by atoms with Crippen LogP contribution in [0.1, 0.15) is 17.0 Å². The first-order valence-corrected chi connectivity index (χ1v) is 6.17. The first-order valence-electron chi connectivity index (χ1n) is 6.17. The number of carbonyl (C=O) groups is 1. The number of hydrogen-bond donors (Lipinski definition) is 2. The Morgan fingerprint density at radius 2 is 2.39 bits per heavy atom. The van der Waals surface area contributed by atoms with Crippen LogP contribution < -0.4 is 10.6 Å². The van der Waals surface area contributed by atoms with Crippen LogP contribution in [-0.2, 0) is 23.1 Å². The molecule has 2 N–H and O–H groups in total. The SMILES string of the molecule is Cc1nn(C)c(C)c1CNC(=O)C1COCCN1. The molecule has 1 unspecified atom stereocenters. The maximum absolute atomic E-state index is 11.9. The molecule has 0 saturated carbocycles. The number of hydrogen-bond acceptors (Lipinski definition) is 4. The van der Waals surface area contributed by atoms with Gasteiger partial charge < -0.3 is 15.4 Å². The fraction of sp³-hybridized carbons (Fsp3) is 0.667. The Balaban J connectivity index is 1.92. The molecule has 1 saturated heterocycles. The minimum Gasteiger partial charge on any atom is -0.378 e. The molecule has 2 rings (SSSR count). The van der Waals surface area contributed by atoms with E-state index in [4.69, 9.17) is 4.74 Å². The summed E-state index contributed by atoms with van der Waals surface area (Å²) in [7, 11) is 1.91. The molecule has 0 radical (unpaired) electrons. The van der Waals surface area contributed by atoms with E-state index in [2.05, 4.69) is 15.7 Å². The van der Waals surface area contributed by atoms with E-state index in [9.17, 15) is 4.79 Å². The predicted molar refractivity (Wildman–Crippen MR) is 67.1 cm³/mol. The van der Waals surface area contributed by atoms with Gasteiger partial charge in [0.2, 0.25) is 5.91 Å². The highest BCUT2D eigenvalue weighted by atomic mass is 16.5. The number of aryl methyl sites for hydroxylation is 2. The van der Waals surface area contributed by atoms with Crippen LogP contribution in [0.15, 0.2) is 0 Å². The minimum absolute atomic E-state index is 0.0163. The summed E-state index contributed by atoms with van der Waals surface area (Å²) in [5, 5.41) is 10.4. The molecule has 1 amide bonds. The molecule has 6 nitrogen and oxygen atoms in total. The summed E-state index contributed by atoms with van der Waals surface area (Å²) in [5.41, 5.74) is 3.13. The molecule has 1 atom stereocenters. The number of aromatic nitrogens is 2. The van der Waals surface area contributed by atoms with Crippen molar-refractivity contribution >= 4 is 5.91 Å². The Hall–Kier alpha value is -1.40. The van der Waals surface area contributed by atoms with E-state index in [0.29, 0.717) is 19.8 Å². The summed E-state index contributed by atoms with van der Waals surface area (Å²) in [5.74, 6) is -0.0163. The van der Waals surface area contributed by atoms with Crippen molar-refractivity contribution in [3.8, 4) is 0 Å². The van der Waals surface area contributed by atoms with E-state index in [0.717, 1.165) is 23.5 Å². The predicted octanol–water partition coefficient (Wildman–Crippen LogP) is -0.358. The molecule has 0 aromatic carbocycles. The van der Waals surface area contributed by atoms with Crippen molar-refractivity contribution in [2.75, 3.05) is 19.8 Å². The summed E-state index contributed by atoms with van der Waals surface area (Å²) in [4.78, 5) is 11.9. The third kappa shape index (κ3) is 2.70. The minimum atomic E-state index is -0.240. The topological polar surface area (TPSA) is 68.2 Å². The maximum Gasteiger partial charge on any atom is 0.239 e. The molecule has 1 fully saturated rings. The zero-order valence-electron chi connectivity index (χ0n) is 11.1. The molecule has 2 heterocycles. The first-order chi connectivity index (χ1) is 8.59. The van der Waals surface area contributed by atoms with Crippen LogP contribution >= 0.6 is 0 Å². The largest absolute Gasteiger partial charge is 0.378 e. The maximum atomic E-state index is 11.9. The molecule has 1 aromatic rings. The number of amides is 1. The third-order valence-corrected chi connectivity index (χ3v) is 3.34. The van der Waals surface area contributed by atoms with Gasteiger partial charge in [-0.1, -0.05) is 0 Å². The van der Waals surface area contributed by atoms with Gasteiger partial charge in [0.1, 0.15) is 6.04 Å². The number of ether oxygens (including phenoxy) is 1. The number of rotatable bonds is 3. The second-order valence-corrected chi connectivity index (χ2v) is 4.57. The second kappa shape index (κ2) is 5.49. The molecule has 18 heavy (non-hydrogen) atoms. The van der Waals surface area contributed by atoms with Crippen LogP contribution in [0.25, 0.3) is 0 Å². The van der Waals surface area contributed by atoms with Gasteiger partial charge in [-0.3, -0.25) is 9.48 Å². The molecule has 0 spiro atoms. The van der Waals surface area contributed by atoms with Gasteiger partial charge in [0.15, 0.2) is 0 Å². The lowest BCUT2D eigenvalue weighted by molar-refractivity contribution is -0.126. The van der Waals surface area contributed by atoms with Crippen molar-refractivity contribution in [3.63, 3.8) is 0 Å². The normalized spacial score (nSPS) is 19.8. The highest BCUT2D eigenvalue weighted by molar-refractivity contribution is 5.82. The average Bonchev–Trinajstić information content (AvgIpc) is 2.62. The van der Waals surface area contributed by atoms with Crippen LogP contribution in [-0.4, -0.2) is 41.5 Å².